The van der Waals surface area contributed by atoms with Crippen molar-refractivity contribution in [3.8, 4) is 0 Å². The first-order chi connectivity index (χ1) is 45.8. The summed E-state index contributed by atoms with van der Waals surface area (Å²) >= 11 is 0. The molecule has 0 aliphatic rings. The Bertz CT molecular complexity index is 1950. The number of rotatable bonds is 72. The van der Waals surface area contributed by atoms with Crippen LogP contribution in [0.15, 0.2) is 24.3 Å². The van der Waals surface area contributed by atoms with Crippen molar-refractivity contribution in [2.75, 3.05) is 39.6 Å². The summed E-state index contributed by atoms with van der Waals surface area (Å²) in [7, 11) is -9.93. The van der Waals surface area contributed by atoms with Crippen LogP contribution >= 0.6 is 15.6 Å². The second-order valence-corrected chi connectivity index (χ2v) is 30.6. The number of hydrogen-bond acceptors (Lipinski definition) is 15. The van der Waals surface area contributed by atoms with Crippen molar-refractivity contribution in [1.82, 2.24) is 0 Å². The van der Waals surface area contributed by atoms with Crippen LogP contribution in [-0.2, 0) is 65.4 Å². The van der Waals surface area contributed by atoms with Gasteiger partial charge in [-0.2, -0.15) is 0 Å². The highest BCUT2D eigenvalue weighted by Gasteiger charge is 2.30. The van der Waals surface area contributed by atoms with Gasteiger partial charge in [-0.15, -0.1) is 0 Å². The fourth-order valence-corrected chi connectivity index (χ4v) is 12.6. The molecule has 0 aliphatic heterocycles. The van der Waals surface area contributed by atoms with Crippen LogP contribution in [0.3, 0.4) is 0 Å². The number of carbonyl (C=O) groups excluding carboxylic acids is 4. The average Bonchev–Trinajstić information content (AvgIpc) is 1.50. The van der Waals surface area contributed by atoms with Crippen LogP contribution < -0.4 is 0 Å². The number of esters is 4. The standard InChI is InChI=1S/C76H144O17P2/c1-8-11-12-13-14-15-16-17-18-21-24-27-36-43-50-57-73(78)86-63-71(92-75(80)59-52-45-38-28-25-22-19-20-23-26-33-40-47-54-67(4)5)65-90-94(82,83)88-61-70(77)62-89-95(84,85)91-66-72(93-76(81)60-53-46-39-32-30-35-42-49-56-69(7)10-3)64-87-74(79)58-51-44-37-31-29-34-41-48-55-68(6)9-2/h15-18,67-72,77H,8-14,19-66H2,1-7H3,(H,82,83)(H,84,85)/b16-15-,18-17-/t68?,69?,70-,71-,72-/m1/s1. The Morgan fingerprint density at radius 1 is 0.347 bits per heavy atom. The fourth-order valence-electron chi connectivity index (χ4n) is 11.0. The van der Waals surface area contributed by atoms with E-state index >= 15 is 0 Å². The Hall–Kier alpha value is -2.46. The van der Waals surface area contributed by atoms with Gasteiger partial charge in [0.05, 0.1) is 26.4 Å². The van der Waals surface area contributed by atoms with E-state index in [1.165, 1.54) is 154 Å². The van der Waals surface area contributed by atoms with Crippen LogP contribution in [0.5, 0.6) is 0 Å². The third kappa shape index (κ3) is 67.2. The summed E-state index contributed by atoms with van der Waals surface area (Å²) in [5.74, 6) is 0.179. The molecule has 0 aliphatic carbocycles. The molecule has 0 spiro atoms. The second-order valence-electron chi connectivity index (χ2n) is 27.7. The van der Waals surface area contributed by atoms with Gasteiger partial charge in [0.15, 0.2) is 12.2 Å². The first-order valence-corrected chi connectivity index (χ1v) is 41.7. The number of hydrogen-bond donors (Lipinski definition) is 3. The lowest BCUT2D eigenvalue weighted by atomic mass is 9.99. The zero-order valence-corrected chi connectivity index (χ0v) is 63.4. The number of aliphatic hydroxyl groups is 1. The van der Waals surface area contributed by atoms with Gasteiger partial charge in [-0.05, 0) is 69.1 Å². The monoisotopic (exact) mass is 1390 g/mol. The number of phosphoric acid groups is 2. The maximum absolute atomic E-state index is 13.1. The molecular weight excluding hydrogens is 1250 g/mol. The molecule has 19 heteroatoms. The lowest BCUT2D eigenvalue weighted by Crippen LogP contribution is -2.30. The van der Waals surface area contributed by atoms with Crippen molar-refractivity contribution < 1.29 is 80.2 Å². The SMILES string of the molecule is CCCCCC/C=C\C=C/CCCCCCCC(=O)OC[C@H](COP(=O)(O)OC[C@@H](O)COP(=O)(O)OC[C@@H](COC(=O)CCCCCCCCCCC(C)CC)OC(=O)CCCCCCCCCCC(C)CC)OC(=O)CCCCCCCCCCCCCCCC(C)C. The molecule has 0 aromatic heterocycles. The Kier molecular flexibility index (Phi) is 64.4. The quantitative estimate of drug-likeness (QED) is 0.0169. The summed E-state index contributed by atoms with van der Waals surface area (Å²) in [5.41, 5.74) is 0. The summed E-state index contributed by atoms with van der Waals surface area (Å²) in [6, 6.07) is 0. The third-order valence-corrected chi connectivity index (χ3v) is 19.6. The van der Waals surface area contributed by atoms with E-state index in [4.69, 9.17) is 37.0 Å². The Balaban J connectivity index is 5.31. The molecule has 0 fully saturated rings. The van der Waals surface area contributed by atoms with Crippen molar-refractivity contribution in [3.05, 3.63) is 24.3 Å². The molecule has 0 bridgehead atoms. The summed E-state index contributed by atoms with van der Waals surface area (Å²) in [4.78, 5) is 72.8. The largest absolute Gasteiger partial charge is 0.472 e. The van der Waals surface area contributed by atoms with Crippen LogP contribution in [0, 0.1) is 17.8 Å². The maximum Gasteiger partial charge on any atom is 0.472 e. The van der Waals surface area contributed by atoms with Crippen LogP contribution in [-0.4, -0.2) is 96.7 Å². The van der Waals surface area contributed by atoms with Gasteiger partial charge in [0.1, 0.15) is 19.3 Å². The van der Waals surface area contributed by atoms with E-state index in [0.29, 0.717) is 25.7 Å². The minimum absolute atomic E-state index is 0.0999. The molecule has 0 saturated carbocycles. The van der Waals surface area contributed by atoms with Crippen molar-refractivity contribution in [3.63, 3.8) is 0 Å². The Labute approximate surface area is 580 Å². The van der Waals surface area contributed by atoms with E-state index < -0.39 is 97.5 Å². The summed E-state index contributed by atoms with van der Waals surface area (Å²) in [6.45, 7) is 11.8. The minimum atomic E-state index is -4.97. The van der Waals surface area contributed by atoms with Crippen molar-refractivity contribution in [2.45, 2.75) is 381 Å². The summed E-state index contributed by atoms with van der Waals surface area (Å²) in [5, 5.41) is 10.6. The molecule has 0 radical (unpaired) electrons. The van der Waals surface area contributed by atoms with Gasteiger partial charge in [-0.1, -0.05) is 310 Å². The van der Waals surface area contributed by atoms with E-state index in [1.54, 1.807) is 0 Å². The Morgan fingerprint density at radius 2 is 0.621 bits per heavy atom. The van der Waals surface area contributed by atoms with Gasteiger partial charge in [-0.25, -0.2) is 9.13 Å². The number of aliphatic hydroxyl groups excluding tert-OH is 1. The van der Waals surface area contributed by atoms with Gasteiger partial charge in [0, 0.05) is 25.7 Å². The van der Waals surface area contributed by atoms with Gasteiger partial charge in [-0.3, -0.25) is 37.3 Å². The molecule has 0 saturated heterocycles. The molecule has 3 N–H and O–H groups in total. The number of carbonyl (C=O) groups is 4. The first-order valence-electron chi connectivity index (χ1n) is 38.7. The highest BCUT2D eigenvalue weighted by Crippen LogP contribution is 2.45. The number of ether oxygens (including phenoxy) is 4. The third-order valence-electron chi connectivity index (χ3n) is 17.7. The summed E-state index contributed by atoms with van der Waals surface area (Å²) in [6.07, 6.45) is 54.8. The van der Waals surface area contributed by atoms with Crippen LogP contribution in [0.4, 0.5) is 0 Å². The van der Waals surface area contributed by atoms with Gasteiger partial charge < -0.3 is 33.8 Å². The van der Waals surface area contributed by atoms with E-state index in [1.807, 2.05) is 0 Å². The Morgan fingerprint density at radius 3 is 0.937 bits per heavy atom. The van der Waals surface area contributed by atoms with Gasteiger partial charge in [0.2, 0.25) is 0 Å². The molecule has 95 heavy (non-hydrogen) atoms. The molecule has 17 nitrogen and oxygen atoms in total. The van der Waals surface area contributed by atoms with E-state index in [0.717, 1.165) is 127 Å². The molecule has 7 atom stereocenters. The smallest absolute Gasteiger partial charge is 0.462 e. The van der Waals surface area contributed by atoms with Crippen molar-refractivity contribution in [2.24, 2.45) is 17.8 Å². The predicted molar refractivity (Wildman–Crippen MR) is 386 cm³/mol. The lowest BCUT2D eigenvalue weighted by molar-refractivity contribution is -0.161. The topological polar surface area (TPSA) is 237 Å². The maximum atomic E-state index is 13.1. The van der Waals surface area contributed by atoms with Gasteiger partial charge in [0.25, 0.3) is 0 Å². The fraction of sp³-hybridized carbons (Fsp3) is 0.895. The number of unbranched alkanes of at least 4 members (excludes halogenated alkanes) is 35. The van der Waals surface area contributed by atoms with Gasteiger partial charge >= 0.3 is 39.5 Å². The highest BCUT2D eigenvalue weighted by molar-refractivity contribution is 7.47. The van der Waals surface area contributed by atoms with Crippen LogP contribution in [0.2, 0.25) is 0 Å². The molecular formula is C76H144O17P2. The minimum Gasteiger partial charge on any atom is -0.462 e. The van der Waals surface area contributed by atoms with Crippen LogP contribution in [0.1, 0.15) is 363 Å². The molecule has 0 rings (SSSR count). The average molecular weight is 1390 g/mol. The summed E-state index contributed by atoms with van der Waals surface area (Å²) < 4.78 is 68.5. The molecule has 0 aromatic rings. The highest BCUT2D eigenvalue weighted by atomic mass is 31.2. The second kappa shape index (κ2) is 66.1. The number of phosphoric ester groups is 2. The van der Waals surface area contributed by atoms with Crippen LogP contribution in [0.25, 0.3) is 0 Å². The zero-order valence-electron chi connectivity index (χ0n) is 61.6. The molecule has 0 heterocycles. The molecule has 0 aromatic carbocycles. The first kappa shape index (κ1) is 92.5. The molecule has 4 unspecified atom stereocenters. The predicted octanol–water partition coefficient (Wildman–Crippen LogP) is 21.7. The van der Waals surface area contributed by atoms with Crippen molar-refractivity contribution >= 4 is 39.5 Å². The van der Waals surface area contributed by atoms with Crippen molar-refractivity contribution in [1.29, 1.82) is 0 Å². The molecule has 0 amide bonds. The lowest BCUT2D eigenvalue weighted by Gasteiger charge is -2.21. The molecule has 560 valence electrons. The number of allylic oxidation sites excluding steroid dienone is 4. The van der Waals surface area contributed by atoms with E-state index in [-0.39, 0.29) is 25.7 Å². The zero-order chi connectivity index (χ0) is 70.1. The van der Waals surface area contributed by atoms with E-state index in [9.17, 15) is 43.2 Å². The normalized spacial score (nSPS) is 14.8. The van der Waals surface area contributed by atoms with E-state index in [2.05, 4.69) is 72.8 Å².